The fourth-order valence-electron chi connectivity index (χ4n) is 2.97. The van der Waals surface area contributed by atoms with Crippen LogP contribution < -0.4 is 5.32 Å². The highest BCUT2D eigenvalue weighted by molar-refractivity contribution is 7.98. The van der Waals surface area contributed by atoms with Gasteiger partial charge in [0.25, 0.3) is 5.91 Å². The number of benzene rings is 1. The van der Waals surface area contributed by atoms with Gasteiger partial charge in [-0.2, -0.15) is 5.10 Å². The Hall–Kier alpha value is -3.46. The van der Waals surface area contributed by atoms with Gasteiger partial charge in [0, 0.05) is 23.2 Å². The molecule has 4 rings (SSSR count). The quantitative estimate of drug-likeness (QED) is 0.453. The first kappa shape index (κ1) is 19.8. The molecule has 0 aliphatic heterocycles. The SMILES string of the molecule is Cc1noc(C)c1CSc1ncccc1C(=O)Nc1cccc(Cn2cncn2)c1. The summed E-state index contributed by atoms with van der Waals surface area (Å²) < 4.78 is 6.94. The number of anilines is 1. The molecule has 1 amide bonds. The fourth-order valence-corrected chi connectivity index (χ4v) is 4.12. The van der Waals surface area contributed by atoms with Gasteiger partial charge in [-0.25, -0.2) is 14.6 Å². The molecule has 0 saturated carbocycles. The number of carbonyl (C=O) groups excluding carboxylic acids is 1. The molecule has 3 heterocycles. The van der Waals surface area contributed by atoms with E-state index in [9.17, 15) is 4.79 Å². The van der Waals surface area contributed by atoms with Crippen LogP contribution in [0.3, 0.4) is 0 Å². The Morgan fingerprint density at radius 2 is 2.13 bits per heavy atom. The van der Waals surface area contributed by atoms with Gasteiger partial charge in [0.15, 0.2) is 0 Å². The van der Waals surface area contributed by atoms with Crippen LogP contribution >= 0.6 is 11.8 Å². The molecule has 1 N–H and O–H groups in total. The topological polar surface area (TPSA) is 98.7 Å². The second kappa shape index (κ2) is 8.91. The number of hydrogen-bond acceptors (Lipinski definition) is 7. The second-order valence-corrected chi connectivity index (χ2v) is 7.66. The summed E-state index contributed by atoms with van der Waals surface area (Å²) in [4.78, 5) is 21.3. The number of amides is 1. The maximum absolute atomic E-state index is 12.9. The lowest BCUT2D eigenvalue weighted by molar-refractivity contribution is 0.102. The number of rotatable bonds is 7. The smallest absolute Gasteiger partial charge is 0.258 e. The molecule has 0 saturated heterocycles. The van der Waals surface area contributed by atoms with Crippen molar-refractivity contribution in [3.63, 3.8) is 0 Å². The molecule has 0 bridgehead atoms. The van der Waals surface area contributed by atoms with E-state index in [4.69, 9.17) is 4.52 Å². The molecule has 30 heavy (non-hydrogen) atoms. The van der Waals surface area contributed by atoms with Crippen LogP contribution in [0.5, 0.6) is 0 Å². The van der Waals surface area contributed by atoms with Gasteiger partial charge in [-0.3, -0.25) is 4.79 Å². The first-order valence-electron chi connectivity index (χ1n) is 9.32. The predicted molar refractivity (Wildman–Crippen MR) is 113 cm³/mol. The standard InChI is InChI=1S/C21H20N6O2S/c1-14-19(15(2)29-26-14)11-30-21-18(7-4-8-23-21)20(28)25-17-6-3-5-16(9-17)10-27-13-22-12-24-27/h3-9,12-13H,10-11H2,1-2H3,(H,25,28). The highest BCUT2D eigenvalue weighted by Gasteiger charge is 2.16. The minimum atomic E-state index is -0.206. The highest BCUT2D eigenvalue weighted by Crippen LogP contribution is 2.27. The average molecular weight is 420 g/mol. The van der Waals surface area contributed by atoms with Crippen molar-refractivity contribution in [2.45, 2.75) is 31.2 Å². The Morgan fingerprint density at radius 3 is 2.90 bits per heavy atom. The Kier molecular flexibility index (Phi) is 5.89. The highest BCUT2D eigenvalue weighted by atomic mass is 32.2. The summed E-state index contributed by atoms with van der Waals surface area (Å²) in [7, 11) is 0. The maximum Gasteiger partial charge on any atom is 0.258 e. The summed E-state index contributed by atoms with van der Waals surface area (Å²) in [6.07, 6.45) is 4.84. The van der Waals surface area contributed by atoms with E-state index in [-0.39, 0.29) is 5.91 Å². The molecule has 0 aliphatic rings. The molecule has 0 aliphatic carbocycles. The minimum Gasteiger partial charge on any atom is -0.361 e. The van der Waals surface area contributed by atoms with Crippen molar-refractivity contribution in [2.24, 2.45) is 0 Å². The minimum absolute atomic E-state index is 0.206. The number of carbonyl (C=O) groups is 1. The van der Waals surface area contributed by atoms with Crippen molar-refractivity contribution in [3.05, 3.63) is 83.4 Å². The monoisotopic (exact) mass is 420 g/mol. The number of nitrogens with one attached hydrogen (secondary N) is 1. The lowest BCUT2D eigenvalue weighted by Crippen LogP contribution is -2.14. The van der Waals surface area contributed by atoms with E-state index < -0.39 is 0 Å². The Labute approximate surface area is 177 Å². The van der Waals surface area contributed by atoms with Gasteiger partial charge in [-0.1, -0.05) is 17.3 Å². The molecule has 0 spiro atoms. The molecular formula is C21H20N6O2S. The van der Waals surface area contributed by atoms with Gasteiger partial charge in [0.2, 0.25) is 0 Å². The normalized spacial score (nSPS) is 10.9. The number of thioether (sulfide) groups is 1. The molecule has 0 fully saturated rings. The van der Waals surface area contributed by atoms with E-state index in [0.29, 0.717) is 28.6 Å². The van der Waals surface area contributed by atoms with Crippen LogP contribution in [0.15, 0.2) is 64.8 Å². The van der Waals surface area contributed by atoms with Crippen molar-refractivity contribution in [3.8, 4) is 0 Å². The molecule has 0 atom stereocenters. The van der Waals surface area contributed by atoms with Gasteiger partial charge in [0.05, 0.1) is 17.8 Å². The summed E-state index contributed by atoms with van der Waals surface area (Å²) >= 11 is 1.49. The van der Waals surface area contributed by atoms with Gasteiger partial charge in [-0.05, 0) is 43.7 Å². The number of nitrogens with zero attached hydrogens (tertiary/aromatic N) is 5. The van der Waals surface area contributed by atoms with E-state index in [2.05, 4.69) is 25.5 Å². The summed E-state index contributed by atoms with van der Waals surface area (Å²) in [5.74, 6) is 1.21. The van der Waals surface area contributed by atoms with Crippen LogP contribution in [0.25, 0.3) is 0 Å². The molecule has 4 aromatic rings. The first-order chi connectivity index (χ1) is 14.6. The molecule has 152 valence electrons. The second-order valence-electron chi connectivity index (χ2n) is 6.70. The van der Waals surface area contributed by atoms with E-state index >= 15 is 0 Å². The van der Waals surface area contributed by atoms with Gasteiger partial charge in [-0.15, -0.1) is 11.8 Å². The summed E-state index contributed by atoms with van der Waals surface area (Å²) in [6, 6.07) is 11.2. The molecule has 0 unspecified atom stereocenters. The number of aryl methyl sites for hydroxylation is 2. The van der Waals surface area contributed by atoms with Crippen LogP contribution in [0.2, 0.25) is 0 Å². The van der Waals surface area contributed by atoms with Crippen LogP contribution in [0.1, 0.15) is 32.9 Å². The third-order valence-corrected chi connectivity index (χ3v) is 5.58. The van der Waals surface area contributed by atoms with Crippen molar-refractivity contribution >= 4 is 23.4 Å². The summed E-state index contributed by atoms with van der Waals surface area (Å²) in [6.45, 7) is 4.37. The summed E-state index contributed by atoms with van der Waals surface area (Å²) in [5, 5.41) is 11.7. The number of hydrogen-bond donors (Lipinski definition) is 1. The van der Waals surface area contributed by atoms with E-state index in [0.717, 1.165) is 22.6 Å². The lowest BCUT2D eigenvalue weighted by atomic mass is 10.2. The van der Waals surface area contributed by atoms with Crippen LogP contribution in [0, 0.1) is 13.8 Å². The maximum atomic E-state index is 12.9. The third kappa shape index (κ3) is 4.57. The van der Waals surface area contributed by atoms with E-state index in [1.807, 2.05) is 38.1 Å². The molecule has 3 aromatic heterocycles. The third-order valence-electron chi connectivity index (χ3n) is 4.55. The first-order valence-corrected chi connectivity index (χ1v) is 10.3. The lowest BCUT2D eigenvalue weighted by Gasteiger charge is -2.10. The van der Waals surface area contributed by atoms with Crippen molar-refractivity contribution < 1.29 is 9.32 Å². The van der Waals surface area contributed by atoms with Crippen LogP contribution in [0.4, 0.5) is 5.69 Å². The molecule has 8 nitrogen and oxygen atoms in total. The molecule has 1 aromatic carbocycles. The molecule has 0 radical (unpaired) electrons. The van der Waals surface area contributed by atoms with E-state index in [1.165, 1.54) is 18.1 Å². The number of aromatic nitrogens is 5. The fraction of sp³-hybridized carbons (Fsp3) is 0.190. The number of pyridine rings is 1. The van der Waals surface area contributed by atoms with Crippen LogP contribution in [-0.2, 0) is 12.3 Å². The average Bonchev–Trinajstić information content (AvgIpc) is 3.37. The Bertz CT molecular complexity index is 1140. The molecule has 9 heteroatoms. The zero-order valence-electron chi connectivity index (χ0n) is 16.6. The van der Waals surface area contributed by atoms with Gasteiger partial charge < -0.3 is 9.84 Å². The van der Waals surface area contributed by atoms with Gasteiger partial charge >= 0.3 is 0 Å². The summed E-state index contributed by atoms with van der Waals surface area (Å²) in [5.41, 5.74) is 4.13. The Balaban J connectivity index is 1.47. The molecular weight excluding hydrogens is 400 g/mol. The van der Waals surface area contributed by atoms with Crippen molar-refractivity contribution in [1.29, 1.82) is 0 Å². The largest absolute Gasteiger partial charge is 0.361 e. The van der Waals surface area contributed by atoms with Gasteiger partial charge in [0.1, 0.15) is 23.4 Å². The van der Waals surface area contributed by atoms with Crippen molar-refractivity contribution in [2.75, 3.05) is 5.32 Å². The van der Waals surface area contributed by atoms with Crippen molar-refractivity contribution in [1.82, 2.24) is 24.9 Å². The van der Waals surface area contributed by atoms with Crippen LogP contribution in [-0.4, -0.2) is 30.8 Å². The predicted octanol–water partition coefficient (Wildman–Crippen LogP) is 3.87. The zero-order chi connectivity index (χ0) is 20.9. The Morgan fingerprint density at radius 1 is 1.23 bits per heavy atom. The zero-order valence-corrected chi connectivity index (χ0v) is 17.4. The van der Waals surface area contributed by atoms with E-state index in [1.54, 1.807) is 29.3 Å².